The number of anilines is 1. The first-order chi connectivity index (χ1) is 9.72. The second kappa shape index (κ2) is 5.77. The molecule has 0 saturated carbocycles. The summed E-state index contributed by atoms with van der Waals surface area (Å²) in [5, 5.41) is 6.57. The van der Waals surface area contributed by atoms with Crippen molar-refractivity contribution in [2.45, 2.75) is 20.4 Å². The highest BCUT2D eigenvalue weighted by atomic mass is 32.1. The van der Waals surface area contributed by atoms with E-state index in [-0.39, 0.29) is 0 Å². The van der Waals surface area contributed by atoms with Crippen molar-refractivity contribution in [2.24, 2.45) is 0 Å². The summed E-state index contributed by atoms with van der Waals surface area (Å²) in [6.45, 7) is 5.21. The van der Waals surface area contributed by atoms with Crippen LogP contribution in [0, 0.1) is 13.8 Å². The maximum atomic E-state index is 4.36. The fraction of sp³-hybridized carbons (Fsp3) is 0.188. The SMILES string of the molecule is Cc1cc(CNc2cccc(-c3nccs3)c2)c(C)s1. The second-order valence-electron chi connectivity index (χ2n) is 4.71. The van der Waals surface area contributed by atoms with Crippen LogP contribution in [0.1, 0.15) is 15.3 Å². The van der Waals surface area contributed by atoms with Crippen molar-refractivity contribution in [2.75, 3.05) is 5.32 Å². The van der Waals surface area contributed by atoms with Gasteiger partial charge in [-0.15, -0.1) is 22.7 Å². The molecule has 0 aliphatic rings. The molecule has 4 heteroatoms. The van der Waals surface area contributed by atoms with Crippen molar-refractivity contribution in [3.63, 3.8) is 0 Å². The van der Waals surface area contributed by atoms with E-state index in [1.165, 1.54) is 20.9 Å². The molecule has 0 bridgehead atoms. The van der Waals surface area contributed by atoms with Gasteiger partial charge in [-0.1, -0.05) is 12.1 Å². The molecule has 0 atom stereocenters. The van der Waals surface area contributed by atoms with Crippen LogP contribution in [-0.2, 0) is 6.54 Å². The molecule has 0 aliphatic heterocycles. The van der Waals surface area contributed by atoms with Gasteiger partial charge in [0.1, 0.15) is 5.01 Å². The number of nitrogens with zero attached hydrogens (tertiary/aromatic N) is 1. The van der Waals surface area contributed by atoms with E-state index in [1.807, 2.05) is 22.9 Å². The normalized spacial score (nSPS) is 10.7. The van der Waals surface area contributed by atoms with E-state index < -0.39 is 0 Å². The molecular weight excluding hydrogens is 284 g/mol. The van der Waals surface area contributed by atoms with Gasteiger partial charge >= 0.3 is 0 Å². The lowest BCUT2D eigenvalue weighted by Gasteiger charge is -2.07. The maximum absolute atomic E-state index is 4.36. The van der Waals surface area contributed by atoms with Gasteiger partial charge in [0.2, 0.25) is 0 Å². The molecule has 1 N–H and O–H groups in total. The van der Waals surface area contributed by atoms with Crippen molar-refractivity contribution >= 4 is 28.4 Å². The molecule has 0 amide bonds. The molecule has 0 unspecified atom stereocenters. The van der Waals surface area contributed by atoms with E-state index >= 15 is 0 Å². The fourth-order valence-corrected chi connectivity index (χ4v) is 3.77. The molecule has 3 aromatic rings. The predicted octanol–water partition coefficient (Wildman–Crippen LogP) is 5.10. The lowest BCUT2D eigenvalue weighted by molar-refractivity contribution is 1.14. The first-order valence-corrected chi connectivity index (χ1v) is 8.22. The predicted molar refractivity (Wildman–Crippen MR) is 88.7 cm³/mol. The van der Waals surface area contributed by atoms with Gasteiger partial charge in [-0.2, -0.15) is 0 Å². The van der Waals surface area contributed by atoms with E-state index in [9.17, 15) is 0 Å². The van der Waals surface area contributed by atoms with Crippen LogP contribution in [0.2, 0.25) is 0 Å². The number of rotatable bonds is 4. The van der Waals surface area contributed by atoms with E-state index in [1.54, 1.807) is 11.3 Å². The van der Waals surface area contributed by atoms with Crippen molar-refractivity contribution < 1.29 is 0 Å². The molecule has 2 heterocycles. The van der Waals surface area contributed by atoms with Gasteiger partial charge in [-0.3, -0.25) is 0 Å². The van der Waals surface area contributed by atoms with Crippen LogP contribution in [0.3, 0.4) is 0 Å². The van der Waals surface area contributed by atoms with Crippen molar-refractivity contribution in [3.8, 4) is 10.6 Å². The lowest BCUT2D eigenvalue weighted by atomic mass is 10.2. The summed E-state index contributed by atoms with van der Waals surface area (Å²) < 4.78 is 0. The summed E-state index contributed by atoms with van der Waals surface area (Å²) in [5.41, 5.74) is 3.69. The Bertz CT molecular complexity index is 699. The molecule has 102 valence electrons. The molecular formula is C16H16N2S2. The zero-order valence-corrected chi connectivity index (χ0v) is 13.1. The van der Waals surface area contributed by atoms with E-state index in [2.05, 4.69) is 54.5 Å². The third-order valence-corrected chi connectivity index (χ3v) is 5.00. The molecule has 0 fully saturated rings. The van der Waals surface area contributed by atoms with Crippen LogP contribution in [0.5, 0.6) is 0 Å². The van der Waals surface area contributed by atoms with Crippen LogP contribution < -0.4 is 5.32 Å². The summed E-state index contributed by atoms with van der Waals surface area (Å²) >= 11 is 3.52. The van der Waals surface area contributed by atoms with E-state index in [0.717, 1.165) is 17.2 Å². The molecule has 2 aromatic heterocycles. The largest absolute Gasteiger partial charge is 0.381 e. The van der Waals surface area contributed by atoms with Gasteiger partial charge in [-0.05, 0) is 37.6 Å². The summed E-state index contributed by atoms with van der Waals surface area (Å²) in [6.07, 6.45) is 1.84. The molecule has 0 aliphatic carbocycles. The Balaban J connectivity index is 1.75. The highest BCUT2D eigenvalue weighted by molar-refractivity contribution is 7.13. The third-order valence-electron chi connectivity index (χ3n) is 3.17. The molecule has 0 saturated heterocycles. The topological polar surface area (TPSA) is 24.9 Å². The third kappa shape index (κ3) is 2.92. The minimum Gasteiger partial charge on any atom is -0.381 e. The average molecular weight is 300 g/mol. The van der Waals surface area contributed by atoms with Crippen LogP contribution >= 0.6 is 22.7 Å². The Kier molecular flexibility index (Phi) is 3.85. The standard InChI is InChI=1S/C16H16N2S2/c1-11-8-14(12(2)20-11)10-18-15-5-3-4-13(9-15)16-17-6-7-19-16/h3-9,18H,10H2,1-2H3. The van der Waals surface area contributed by atoms with Gasteiger partial charge in [0, 0.05) is 39.1 Å². The molecule has 0 spiro atoms. The zero-order valence-electron chi connectivity index (χ0n) is 11.5. The Labute approximate surface area is 127 Å². The van der Waals surface area contributed by atoms with Gasteiger partial charge < -0.3 is 5.32 Å². The second-order valence-corrected chi connectivity index (χ2v) is 7.07. The summed E-state index contributed by atoms with van der Waals surface area (Å²) in [5.74, 6) is 0. The van der Waals surface area contributed by atoms with Gasteiger partial charge in [0.05, 0.1) is 0 Å². The smallest absolute Gasteiger partial charge is 0.123 e. The van der Waals surface area contributed by atoms with Crippen molar-refractivity contribution in [1.29, 1.82) is 0 Å². The number of hydrogen-bond acceptors (Lipinski definition) is 4. The van der Waals surface area contributed by atoms with Gasteiger partial charge in [0.15, 0.2) is 0 Å². The first kappa shape index (κ1) is 13.3. The summed E-state index contributed by atoms with van der Waals surface area (Å²) in [4.78, 5) is 7.12. The van der Waals surface area contributed by atoms with E-state index in [0.29, 0.717) is 0 Å². The number of benzene rings is 1. The summed E-state index contributed by atoms with van der Waals surface area (Å²) in [7, 11) is 0. The fourth-order valence-electron chi connectivity index (χ4n) is 2.18. The molecule has 0 radical (unpaired) electrons. The van der Waals surface area contributed by atoms with Gasteiger partial charge in [-0.25, -0.2) is 4.98 Å². The van der Waals surface area contributed by atoms with E-state index in [4.69, 9.17) is 0 Å². The number of aryl methyl sites for hydroxylation is 2. The number of thiophene rings is 1. The zero-order chi connectivity index (χ0) is 13.9. The number of hydrogen-bond donors (Lipinski definition) is 1. The van der Waals surface area contributed by atoms with Crippen LogP contribution in [0.15, 0.2) is 41.9 Å². The molecule has 2 nitrogen and oxygen atoms in total. The Hall–Kier alpha value is -1.65. The number of nitrogens with one attached hydrogen (secondary N) is 1. The highest BCUT2D eigenvalue weighted by Gasteiger charge is 2.04. The average Bonchev–Trinajstić information content (AvgIpc) is 3.07. The minimum absolute atomic E-state index is 0.873. The Morgan fingerprint density at radius 3 is 2.80 bits per heavy atom. The van der Waals surface area contributed by atoms with Crippen LogP contribution in [-0.4, -0.2) is 4.98 Å². The number of thiazole rings is 1. The Morgan fingerprint density at radius 2 is 2.10 bits per heavy atom. The Morgan fingerprint density at radius 1 is 1.20 bits per heavy atom. The molecule has 1 aromatic carbocycles. The first-order valence-electron chi connectivity index (χ1n) is 6.52. The van der Waals surface area contributed by atoms with Crippen LogP contribution in [0.4, 0.5) is 5.69 Å². The van der Waals surface area contributed by atoms with Gasteiger partial charge in [0.25, 0.3) is 0 Å². The van der Waals surface area contributed by atoms with Crippen molar-refractivity contribution in [3.05, 3.63) is 57.2 Å². The van der Waals surface area contributed by atoms with Crippen molar-refractivity contribution in [1.82, 2.24) is 4.98 Å². The van der Waals surface area contributed by atoms with Crippen LogP contribution in [0.25, 0.3) is 10.6 Å². The number of aromatic nitrogens is 1. The molecule has 3 rings (SSSR count). The molecule has 20 heavy (non-hydrogen) atoms. The maximum Gasteiger partial charge on any atom is 0.123 e. The monoisotopic (exact) mass is 300 g/mol. The lowest BCUT2D eigenvalue weighted by Crippen LogP contribution is -1.99. The highest BCUT2D eigenvalue weighted by Crippen LogP contribution is 2.25. The quantitative estimate of drug-likeness (QED) is 0.725. The minimum atomic E-state index is 0.873. The summed E-state index contributed by atoms with van der Waals surface area (Å²) in [6, 6.07) is 10.7.